The molecule has 0 aliphatic carbocycles. The van der Waals surface area contributed by atoms with Gasteiger partial charge in [-0.05, 0) is 42.0 Å². The number of nitrogens with zero attached hydrogens (tertiary/aromatic N) is 4. The first kappa shape index (κ1) is 16.6. The van der Waals surface area contributed by atoms with E-state index in [-0.39, 0.29) is 6.61 Å². The second-order valence-corrected chi connectivity index (χ2v) is 5.88. The molecule has 9 heteroatoms. The summed E-state index contributed by atoms with van der Waals surface area (Å²) in [6.07, 6.45) is 5.02. The zero-order chi connectivity index (χ0) is 16.9. The molecule has 0 amide bonds. The molecule has 0 unspecified atom stereocenters. The quantitative estimate of drug-likeness (QED) is 0.535. The number of aromatic amines is 1. The molecule has 6 nitrogen and oxygen atoms in total. The van der Waals surface area contributed by atoms with E-state index in [1.54, 1.807) is 36.8 Å². The zero-order valence-electron chi connectivity index (χ0n) is 12.2. The SMILES string of the molecule is S=c1[nH]nc(COc2cc(Cl)ccc2Cl)n1/N=C\c1ccncc1. The Morgan fingerprint density at radius 3 is 2.83 bits per heavy atom. The minimum absolute atomic E-state index is 0.126. The fourth-order valence-electron chi connectivity index (χ4n) is 1.84. The standard InChI is InChI=1S/C15H11Cl2N5OS/c16-11-1-2-12(17)13(7-11)23-9-14-20-21-15(24)22(14)19-8-10-3-5-18-6-4-10/h1-8H,9H2,(H,21,24)/b19-8-. The Hall–Kier alpha value is -2.22. The van der Waals surface area contributed by atoms with Gasteiger partial charge in [-0.15, -0.1) is 0 Å². The van der Waals surface area contributed by atoms with E-state index in [2.05, 4.69) is 20.3 Å². The molecular formula is C15H11Cl2N5OS. The molecule has 24 heavy (non-hydrogen) atoms. The van der Waals surface area contributed by atoms with Crippen molar-refractivity contribution in [2.24, 2.45) is 5.10 Å². The number of H-pyrrole nitrogens is 1. The molecule has 1 aromatic carbocycles. The molecule has 3 rings (SSSR count). The number of rotatable bonds is 5. The average molecular weight is 380 g/mol. The third-order valence-corrected chi connectivity index (χ3v) is 3.81. The Kier molecular flexibility index (Phi) is 5.24. The van der Waals surface area contributed by atoms with Gasteiger partial charge in [-0.2, -0.15) is 14.9 Å². The minimum atomic E-state index is 0.126. The maximum Gasteiger partial charge on any atom is 0.216 e. The van der Waals surface area contributed by atoms with Gasteiger partial charge in [0.2, 0.25) is 4.77 Å². The Labute approximate surface area is 152 Å². The van der Waals surface area contributed by atoms with Gasteiger partial charge in [0.05, 0.1) is 11.2 Å². The molecule has 0 bridgehead atoms. The van der Waals surface area contributed by atoms with Gasteiger partial charge in [0.25, 0.3) is 0 Å². The van der Waals surface area contributed by atoms with Crippen molar-refractivity contribution < 1.29 is 4.74 Å². The summed E-state index contributed by atoms with van der Waals surface area (Å²) in [5.41, 5.74) is 0.887. The van der Waals surface area contributed by atoms with E-state index in [1.807, 2.05) is 12.1 Å². The number of ether oxygens (including phenoxy) is 1. The van der Waals surface area contributed by atoms with Crippen LogP contribution in [0, 0.1) is 4.77 Å². The third-order valence-electron chi connectivity index (χ3n) is 3.00. The summed E-state index contributed by atoms with van der Waals surface area (Å²) in [5.74, 6) is 0.962. The van der Waals surface area contributed by atoms with Gasteiger partial charge in [0, 0.05) is 23.5 Å². The highest BCUT2D eigenvalue weighted by Gasteiger charge is 2.08. The lowest BCUT2D eigenvalue weighted by molar-refractivity contribution is 0.291. The maximum absolute atomic E-state index is 6.07. The van der Waals surface area contributed by atoms with Gasteiger partial charge in [-0.25, -0.2) is 5.10 Å². The predicted octanol–water partition coefficient (Wildman–Crippen LogP) is 4.10. The Morgan fingerprint density at radius 1 is 1.25 bits per heavy atom. The molecule has 0 saturated heterocycles. The lowest BCUT2D eigenvalue weighted by atomic mass is 10.3. The number of nitrogens with one attached hydrogen (secondary N) is 1. The van der Waals surface area contributed by atoms with Crippen molar-refractivity contribution in [1.82, 2.24) is 19.9 Å². The Balaban J connectivity index is 1.79. The molecule has 1 N–H and O–H groups in total. The molecule has 0 aliphatic rings. The molecule has 0 saturated carbocycles. The molecular weight excluding hydrogens is 369 g/mol. The molecule has 2 aromatic heterocycles. The van der Waals surface area contributed by atoms with Crippen LogP contribution >= 0.6 is 35.4 Å². The number of benzene rings is 1. The monoisotopic (exact) mass is 379 g/mol. The smallest absolute Gasteiger partial charge is 0.216 e. The van der Waals surface area contributed by atoms with Crippen LogP contribution in [-0.2, 0) is 6.61 Å². The van der Waals surface area contributed by atoms with Crippen molar-refractivity contribution in [1.29, 1.82) is 0 Å². The van der Waals surface area contributed by atoms with Crippen LogP contribution in [-0.4, -0.2) is 26.1 Å². The molecule has 0 spiro atoms. The van der Waals surface area contributed by atoms with Crippen LogP contribution < -0.4 is 4.74 Å². The van der Waals surface area contributed by atoms with Crippen LogP contribution in [0.3, 0.4) is 0 Å². The van der Waals surface area contributed by atoms with Crippen molar-refractivity contribution in [2.45, 2.75) is 6.61 Å². The highest BCUT2D eigenvalue weighted by Crippen LogP contribution is 2.28. The molecule has 0 atom stereocenters. The van der Waals surface area contributed by atoms with Gasteiger partial charge in [-0.1, -0.05) is 23.2 Å². The number of halogens is 2. The summed E-state index contributed by atoms with van der Waals surface area (Å²) in [4.78, 5) is 3.95. The van der Waals surface area contributed by atoms with E-state index in [4.69, 9.17) is 40.2 Å². The van der Waals surface area contributed by atoms with Crippen LogP contribution in [0.5, 0.6) is 5.75 Å². The van der Waals surface area contributed by atoms with E-state index < -0.39 is 0 Å². The van der Waals surface area contributed by atoms with Gasteiger partial charge in [0.1, 0.15) is 12.4 Å². The largest absolute Gasteiger partial charge is 0.484 e. The first-order valence-electron chi connectivity index (χ1n) is 6.82. The highest BCUT2D eigenvalue weighted by molar-refractivity contribution is 7.71. The van der Waals surface area contributed by atoms with E-state index in [9.17, 15) is 0 Å². The van der Waals surface area contributed by atoms with Gasteiger partial charge < -0.3 is 4.74 Å². The van der Waals surface area contributed by atoms with Crippen LogP contribution in [0.4, 0.5) is 0 Å². The normalized spacial score (nSPS) is 11.1. The molecule has 2 heterocycles. The predicted molar refractivity (Wildman–Crippen MR) is 95.4 cm³/mol. The molecule has 0 radical (unpaired) electrons. The number of hydrogen-bond donors (Lipinski definition) is 1. The number of hydrogen-bond acceptors (Lipinski definition) is 5. The lowest BCUT2D eigenvalue weighted by Gasteiger charge is -2.07. The maximum atomic E-state index is 6.07. The first-order valence-corrected chi connectivity index (χ1v) is 7.98. The van der Waals surface area contributed by atoms with Gasteiger partial charge in [0.15, 0.2) is 5.82 Å². The van der Waals surface area contributed by atoms with E-state index in [1.165, 1.54) is 4.68 Å². The van der Waals surface area contributed by atoms with Crippen molar-refractivity contribution >= 4 is 41.6 Å². The summed E-state index contributed by atoms with van der Waals surface area (Å²) in [7, 11) is 0. The Bertz CT molecular complexity index is 923. The molecule has 122 valence electrons. The van der Waals surface area contributed by atoms with Crippen molar-refractivity contribution in [3.05, 3.63) is 68.9 Å². The van der Waals surface area contributed by atoms with Crippen molar-refractivity contribution in [3.63, 3.8) is 0 Å². The van der Waals surface area contributed by atoms with Crippen molar-refractivity contribution in [2.75, 3.05) is 0 Å². The van der Waals surface area contributed by atoms with Gasteiger partial charge in [-0.3, -0.25) is 4.98 Å². The number of pyridine rings is 1. The fourth-order valence-corrected chi connectivity index (χ4v) is 2.37. The fraction of sp³-hybridized carbons (Fsp3) is 0.0667. The lowest BCUT2D eigenvalue weighted by Crippen LogP contribution is -2.04. The van der Waals surface area contributed by atoms with E-state index in [0.29, 0.717) is 26.4 Å². The molecule has 0 fully saturated rings. The Morgan fingerprint density at radius 2 is 2.04 bits per heavy atom. The van der Waals surface area contributed by atoms with Crippen LogP contribution in [0.25, 0.3) is 0 Å². The zero-order valence-corrected chi connectivity index (χ0v) is 14.5. The minimum Gasteiger partial charge on any atom is -0.484 e. The average Bonchev–Trinajstić information content (AvgIpc) is 2.95. The van der Waals surface area contributed by atoms with E-state index >= 15 is 0 Å². The molecule has 3 aromatic rings. The number of aromatic nitrogens is 4. The summed E-state index contributed by atoms with van der Waals surface area (Å²) < 4.78 is 7.50. The second kappa shape index (κ2) is 7.57. The van der Waals surface area contributed by atoms with E-state index in [0.717, 1.165) is 5.56 Å². The van der Waals surface area contributed by atoms with Crippen LogP contribution in [0.1, 0.15) is 11.4 Å². The molecule has 0 aliphatic heterocycles. The topological polar surface area (TPSA) is 68.1 Å². The summed E-state index contributed by atoms with van der Waals surface area (Å²) in [6, 6.07) is 8.64. The first-order chi connectivity index (χ1) is 11.6. The summed E-state index contributed by atoms with van der Waals surface area (Å²) in [5, 5.41) is 12.1. The second-order valence-electron chi connectivity index (χ2n) is 4.65. The third kappa shape index (κ3) is 4.00. The summed E-state index contributed by atoms with van der Waals surface area (Å²) >= 11 is 17.2. The van der Waals surface area contributed by atoms with Crippen LogP contribution in [0.2, 0.25) is 10.0 Å². The van der Waals surface area contributed by atoms with Gasteiger partial charge >= 0.3 is 0 Å². The van der Waals surface area contributed by atoms with Crippen molar-refractivity contribution in [3.8, 4) is 5.75 Å². The highest BCUT2D eigenvalue weighted by atomic mass is 35.5. The van der Waals surface area contributed by atoms with Crippen LogP contribution in [0.15, 0.2) is 47.8 Å². The summed E-state index contributed by atoms with van der Waals surface area (Å²) in [6.45, 7) is 0.126.